The van der Waals surface area contributed by atoms with Gasteiger partial charge in [-0.25, -0.2) is 9.97 Å². The lowest BCUT2D eigenvalue weighted by molar-refractivity contribution is -0.119. The summed E-state index contributed by atoms with van der Waals surface area (Å²) in [6, 6.07) is 15.2. The van der Waals surface area contributed by atoms with Crippen LogP contribution < -0.4 is 14.8 Å². The van der Waals surface area contributed by atoms with Gasteiger partial charge in [0.2, 0.25) is 5.91 Å². The van der Waals surface area contributed by atoms with E-state index in [0.717, 1.165) is 16.9 Å². The molecule has 3 aromatic rings. The number of nitrogens with zero attached hydrogens (tertiary/aromatic N) is 2. The molecular weight excluding hydrogens is 386 g/mol. The number of aromatic nitrogens is 2. The Hall–Kier alpha value is -3.06. The average molecular weight is 410 g/mol. The molecule has 1 heterocycles. The zero-order chi connectivity index (χ0) is 20.6. The second kappa shape index (κ2) is 9.93. The third kappa shape index (κ3) is 5.71. The van der Waals surface area contributed by atoms with Crippen molar-refractivity contribution in [2.45, 2.75) is 24.9 Å². The van der Waals surface area contributed by atoms with Gasteiger partial charge in [0.25, 0.3) is 5.88 Å². The number of hydrogen-bond donors (Lipinski definition) is 1. The summed E-state index contributed by atoms with van der Waals surface area (Å²) in [5, 5.41) is 3.56. The monoisotopic (exact) mass is 409 g/mol. The first-order valence-electron chi connectivity index (χ1n) is 9.17. The SMILES string of the molecule is COc1cccc(C(C)NC(=O)CSc2nccnc2Oc2ccccc2C)c1. The van der Waals surface area contributed by atoms with Crippen LogP contribution in [-0.4, -0.2) is 28.7 Å². The predicted octanol–water partition coefficient (Wildman–Crippen LogP) is 4.56. The maximum atomic E-state index is 12.4. The quantitative estimate of drug-likeness (QED) is 0.550. The molecule has 0 saturated heterocycles. The summed E-state index contributed by atoms with van der Waals surface area (Å²) in [5.41, 5.74) is 1.98. The summed E-state index contributed by atoms with van der Waals surface area (Å²) >= 11 is 1.29. The van der Waals surface area contributed by atoms with E-state index in [9.17, 15) is 4.79 Å². The lowest BCUT2D eigenvalue weighted by Crippen LogP contribution is -2.28. The van der Waals surface area contributed by atoms with Crippen molar-refractivity contribution in [1.29, 1.82) is 0 Å². The van der Waals surface area contributed by atoms with Gasteiger partial charge in [-0.15, -0.1) is 0 Å². The van der Waals surface area contributed by atoms with Gasteiger partial charge in [-0.1, -0.05) is 42.1 Å². The maximum Gasteiger partial charge on any atom is 0.252 e. The van der Waals surface area contributed by atoms with Gasteiger partial charge in [0.1, 0.15) is 11.5 Å². The van der Waals surface area contributed by atoms with E-state index in [0.29, 0.717) is 16.7 Å². The first kappa shape index (κ1) is 20.7. The van der Waals surface area contributed by atoms with Crippen LogP contribution in [0.15, 0.2) is 66.0 Å². The third-order valence-corrected chi connectivity index (χ3v) is 5.20. The Morgan fingerprint density at radius 2 is 1.93 bits per heavy atom. The summed E-state index contributed by atoms with van der Waals surface area (Å²) in [7, 11) is 1.62. The Bertz CT molecular complexity index is 981. The average Bonchev–Trinajstić information content (AvgIpc) is 2.74. The van der Waals surface area contributed by atoms with Crippen LogP contribution in [0.2, 0.25) is 0 Å². The number of ether oxygens (including phenoxy) is 2. The van der Waals surface area contributed by atoms with Crippen molar-refractivity contribution in [1.82, 2.24) is 15.3 Å². The van der Waals surface area contributed by atoms with Crippen molar-refractivity contribution >= 4 is 17.7 Å². The van der Waals surface area contributed by atoms with E-state index in [-0.39, 0.29) is 17.7 Å². The van der Waals surface area contributed by atoms with Crippen molar-refractivity contribution < 1.29 is 14.3 Å². The van der Waals surface area contributed by atoms with Gasteiger partial charge in [-0.3, -0.25) is 4.79 Å². The second-order valence-corrected chi connectivity index (χ2v) is 7.35. The molecule has 0 spiro atoms. The van der Waals surface area contributed by atoms with E-state index in [2.05, 4.69) is 15.3 Å². The molecule has 6 nitrogen and oxygen atoms in total. The van der Waals surface area contributed by atoms with E-state index < -0.39 is 0 Å². The van der Waals surface area contributed by atoms with Crippen molar-refractivity contribution in [3.63, 3.8) is 0 Å². The number of carbonyl (C=O) groups excluding carboxylic acids is 1. The fourth-order valence-corrected chi connectivity index (χ4v) is 3.37. The molecule has 1 aromatic heterocycles. The number of hydrogen-bond acceptors (Lipinski definition) is 6. The first-order valence-corrected chi connectivity index (χ1v) is 10.2. The van der Waals surface area contributed by atoms with Crippen LogP contribution in [0.4, 0.5) is 0 Å². The van der Waals surface area contributed by atoms with Gasteiger partial charge in [0, 0.05) is 12.4 Å². The molecule has 0 aliphatic carbocycles. The number of benzene rings is 2. The molecule has 29 heavy (non-hydrogen) atoms. The van der Waals surface area contributed by atoms with Crippen LogP contribution in [-0.2, 0) is 4.79 Å². The largest absolute Gasteiger partial charge is 0.497 e. The van der Waals surface area contributed by atoms with Gasteiger partial charge < -0.3 is 14.8 Å². The lowest BCUT2D eigenvalue weighted by Gasteiger charge is -2.15. The normalized spacial score (nSPS) is 11.6. The molecule has 1 amide bonds. The molecule has 1 atom stereocenters. The number of nitrogens with one attached hydrogen (secondary N) is 1. The van der Waals surface area contributed by atoms with Crippen LogP contribution in [0.25, 0.3) is 0 Å². The number of rotatable bonds is 8. The van der Waals surface area contributed by atoms with Gasteiger partial charge in [-0.2, -0.15) is 0 Å². The van der Waals surface area contributed by atoms with Gasteiger partial charge in [0.05, 0.1) is 18.9 Å². The first-order chi connectivity index (χ1) is 14.1. The fourth-order valence-electron chi connectivity index (χ4n) is 2.67. The minimum atomic E-state index is -0.136. The number of aryl methyl sites for hydroxylation is 1. The fraction of sp³-hybridized carbons (Fsp3) is 0.227. The minimum absolute atomic E-state index is 0.0992. The molecule has 0 radical (unpaired) electrons. The number of para-hydroxylation sites is 1. The van der Waals surface area contributed by atoms with Gasteiger partial charge >= 0.3 is 0 Å². The topological polar surface area (TPSA) is 73.3 Å². The Morgan fingerprint density at radius 1 is 1.14 bits per heavy atom. The molecule has 3 rings (SSSR count). The van der Waals surface area contributed by atoms with Crippen LogP contribution in [0.5, 0.6) is 17.4 Å². The molecule has 0 fully saturated rings. The molecule has 0 aliphatic rings. The van der Waals surface area contributed by atoms with Crippen molar-refractivity contribution in [3.05, 3.63) is 72.1 Å². The zero-order valence-electron chi connectivity index (χ0n) is 16.6. The second-order valence-electron chi connectivity index (χ2n) is 6.39. The Balaban J connectivity index is 1.61. The summed E-state index contributed by atoms with van der Waals surface area (Å²) in [6.07, 6.45) is 3.16. The number of amides is 1. The van der Waals surface area contributed by atoms with E-state index in [1.54, 1.807) is 19.5 Å². The van der Waals surface area contributed by atoms with Crippen LogP contribution >= 0.6 is 11.8 Å². The highest BCUT2D eigenvalue weighted by Crippen LogP contribution is 2.30. The summed E-state index contributed by atoms with van der Waals surface area (Å²) in [6.45, 7) is 3.90. The summed E-state index contributed by atoms with van der Waals surface area (Å²) in [5.74, 6) is 1.97. The smallest absolute Gasteiger partial charge is 0.252 e. The highest BCUT2D eigenvalue weighted by atomic mass is 32.2. The minimum Gasteiger partial charge on any atom is -0.497 e. The highest BCUT2D eigenvalue weighted by molar-refractivity contribution is 8.00. The molecule has 0 aliphatic heterocycles. The van der Waals surface area contributed by atoms with E-state index >= 15 is 0 Å². The molecule has 1 N–H and O–H groups in total. The molecule has 0 saturated carbocycles. The zero-order valence-corrected chi connectivity index (χ0v) is 17.4. The van der Waals surface area contributed by atoms with Crippen molar-refractivity contribution in [3.8, 4) is 17.4 Å². The maximum absolute atomic E-state index is 12.4. The van der Waals surface area contributed by atoms with Crippen molar-refractivity contribution in [2.24, 2.45) is 0 Å². The summed E-state index contributed by atoms with van der Waals surface area (Å²) in [4.78, 5) is 21.0. The Morgan fingerprint density at radius 3 is 2.72 bits per heavy atom. The van der Waals surface area contributed by atoms with E-state index in [1.807, 2.05) is 62.4 Å². The Kier molecular flexibility index (Phi) is 7.08. The van der Waals surface area contributed by atoms with E-state index in [4.69, 9.17) is 9.47 Å². The molecular formula is C22H23N3O3S. The standard InChI is InChI=1S/C22H23N3O3S/c1-15-7-4-5-10-19(15)28-21-22(24-12-11-23-21)29-14-20(26)25-16(2)17-8-6-9-18(13-17)27-3/h4-13,16H,14H2,1-3H3,(H,25,26). The third-order valence-electron chi connectivity index (χ3n) is 4.24. The van der Waals surface area contributed by atoms with Crippen LogP contribution in [0.1, 0.15) is 24.1 Å². The van der Waals surface area contributed by atoms with Crippen molar-refractivity contribution in [2.75, 3.05) is 12.9 Å². The molecule has 2 aromatic carbocycles. The predicted molar refractivity (Wildman–Crippen MR) is 114 cm³/mol. The highest BCUT2D eigenvalue weighted by Gasteiger charge is 2.14. The number of thioether (sulfide) groups is 1. The molecule has 7 heteroatoms. The van der Waals surface area contributed by atoms with Crippen LogP contribution in [0, 0.1) is 6.92 Å². The van der Waals surface area contributed by atoms with E-state index in [1.165, 1.54) is 11.8 Å². The number of methoxy groups -OCH3 is 1. The van der Waals surface area contributed by atoms with Gasteiger partial charge in [0.15, 0.2) is 5.03 Å². The molecule has 150 valence electrons. The molecule has 1 unspecified atom stereocenters. The summed E-state index contributed by atoms with van der Waals surface area (Å²) < 4.78 is 11.1. The molecule has 0 bridgehead atoms. The van der Waals surface area contributed by atoms with Gasteiger partial charge in [-0.05, 0) is 43.2 Å². The number of carbonyl (C=O) groups is 1. The lowest BCUT2D eigenvalue weighted by atomic mass is 10.1. The Labute approximate surface area is 174 Å². The van der Waals surface area contributed by atoms with Crippen LogP contribution in [0.3, 0.4) is 0 Å².